The van der Waals surface area contributed by atoms with E-state index in [2.05, 4.69) is 39.8 Å². The Morgan fingerprint density at radius 3 is 2.41 bits per heavy atom. The number of nitrogens with zero attached hydrogens (tertiary/aromatic N) is 3. The number of aryl methyl sites for hydroxylation is 1. The average Bonchev–Trinajstić information content (AvgIpc) is 3.19. The maximum atomic E-state index is 5.97. The van der Waals surface area contributed by atoms with Crippen molar-refractivity contribution in [3.05, 3.63) is 59.8 Å². The van der Waals surface area contributed by atoms with Crippen molar-refractivity contribution in [2.75, 3.05) is 13.1 Å². The van der Waals surface area contributed by atoms with E-state index in [4.69, 9.17) is 11.6 Å². The van der Waals surface area contributed by atoms with E-state index in [0.29, 0.717) is 0 Å². The highest BCUT2D eigenvalue weighted by atomic mass is 35.5. The van der Waals surface area contributed by atoms with Crippen LogP contribution in [0.5, 0.6) is 0 Å². The lowest BCUT2D eigenvalue weighted by atomic mass is 9.95. The maximum absolute atomic E-state index is 5.97. The molecule has 1 atom stereocenters. The lowest BCUT2D eigenvalue weighted by Crippen LogP contribution is -2.29. The van der Waals surface area contributed by atoms with Gasteiger partial charge in [0.25, 0.3) is 0 Å². The van der Waals surface area contributed by atoms with Crippen molar-refractivity contribution in [2.45, 2.75) is 32.2 Å². The minimum atomic E-state index is 0.756. The molecule has 0 saturated carbocycles. The first-order valence-electron chi connectivity index (χ1n) is 9.75. The summed E-state index contributed by atoms with van der Waals surface area (Å²) >= 11 is 5.97. The van der Waals surface area contributed by atoms with Crippen molar-refractivity contribution in [1.82, 2.24) is 20.3 Å². The second-order valence-electron chi connectivity index (χ2n) is 7.26. The van der Waals surface area contributed by atoms with Gasteiger partial charge < -0.3 is 5.32 Å². The second kappa shape index (κ2) is 8.68. The molecule has 3 aromatic rings. The zero-order chi connectivity index (χ0) is 18.5. The van der Waals surface area contributed by atoms with E-state index in [1.54, 1.807) is 0 Å². The van der Waals surface area contributed by atoms with Gasteiger partial charge in [-0.3, -0.25) is 0 Å². The molecule has 0 bridgehead atoms. The predicted molar refractivity (Wildman–Crippen MR) is 111 cm³/mol. The Bertz CT molecular complexity index is 849. The van der Waals surface area contributed by atoms with E-state index in [0.717, 1.165) is 47.3 Å². The first-order valence-corrected chi connectivity index (χ1v) is 10.1. The van der Waals surface area contributed by atoms with Crippen LogP contribution in [0.3, 0.4) is 0 Å². The highest BCUT2D eigenvalue weighted by Crippen LogP contribution is 2.25. The Morgan fingerprint density at radius 1 is 1.00 bits per heavy atom. The standard InChI is InChI=1S/C22H25ClN4/c23-21-11-9-19(10-12-21)18-5-7-20(8-6-18)22-16-25-27(26-22)14-2-4-17-3-1-13-24-15-17/h5-12,16-17,24H,1-4,13-15H2. The molecule has 1 aromatic heterocycles. The molecule has 1 aliphatic heterocycles. The first-order chi connectivity index (χ1) is 13.3. The van der Waals surface area contributed by atoms with Crippen LogP contribution in [0.25, 0.3) is 22.4 Å². The van der Waals surface area contributed by atoms with Crippen LogP contribution in [0.15, 0.2) is 54.7 Å². The smallest absolute Gasteiger partial charge is 0.113 e. The van der Waals surface area contributed by atoms with Gasteiger partial charge in [0.2, 0.25) is 0 Å². The van der Waals surface area contributed by atoms with Gasteiger partial charge in [-0.25, -0.2) is 0 Å². The number of piperidine rings is 1. The molecule has 2 heterocycles. The van der Waals surface area contributed by atoms with Gasteiger partial charge in [0.15, 0.2) is 0 Å². The molecule has 4 nitrogen and oxygen atoms in total. The normalized spacial score (nSPS) is 17.1. The average molecular weight is 381 g/mol. The zero-order valence-electron chi connectivity index (χ0n) is 15.4. The number of hydrogen-bond acceptors (Lipinski definition) is 3. The van der Waals surface area contributed by atoms with Crippen molar-refractivity contribution in [1.29, 1.82) is 0 Å². The molecule has 1 unspecified atom stereocenters. The van der Waals surface area contributed by atoms with Crippen LogP contribution in [0, 0.1) is 5.92 Å². The molecule has 0 amide bonds. The molecule has 1 N–H and O–H groups in total. The molecule has 0 spiro atoms. The number of aromatic nitrogens is 3. The molecule has 1 fully saturated rings. The molecular weight excluding hydrogens is 356 g/mol. The summed E-state index contributed by atoms with van der Waals surface area (Å²) in [5.41, 5.74) is 4.35. The summed E-state index contributed by atoms with van der Waals surface area (Å²) in [5, 5.41) is 13.3. The van der Waals surface area contributed by atoms with Gasteiger partial charge in [0, 0.05) is 10.6 Å². The van der Waals surface area contributed by atoms with Crippen LogP contribution in [-0.2, 0) is 6.54 Å². The molecule has 1 aliphatic rings. The largest absolute Gasteiger partial charge is 0.316 e. The Labute approximate surface area is 165 Å². The molecule has 140 valence electrons. The number of nitrogens with one attached hydrogen (secondary N) is 1. The molecule has 0 radical (unpaired) electrons. The number of hydrogen-bond donors (Lipinski definition) is 1. The lowest BCUT2D eigenvalue weighted by Gasteiger charge is -2.22. The summed E-state index contributed by atoms with van der Waals surface area (Å²) in [5.74, 6) is 0.814. The summed E-state index contributed by atoms with van der Waals surface area (Å²) in [6.45, 7) is 3.23. The first kappa shape index (κ1) is 18.2. The molecular formula is C22H25ClN4. The quantitative estimate of drug-likeness (QED) is 0.651. The van der Waals surface area contributed by atoms with Crippen LogP contribution in [0.2, 0.25) is 5.02 Å². The van der Waals surface area contributed by atoms with E-state index < -0.39 is 0 Å². The summed E-state index contributed by atoms with van der Waals surface area (Å²) in [7, 11) is 0. The van der Waals surface area contributed by atoms with Gasteiger partial charge in [-0.15, -0.1) is 0 Å². The van der Waals surface area contributed by atoms with Crippen LogP contribution < -0.4 is 5.32 Å². The fraction of sp³-hybridized carbons (Fsp3) is 0.364. The number of halogens is 1. The van der Waals surface area contributed by atoms with E-state index in [9.17, 15) is 0 Å². The Balaban J connectivity index is 1.35. The fourth-order valence-electron chi connectivity index (χ4n) is 3.70. The fourth-order valence-corrected chi connectivity index (χ4v) is 3.83. The Hall–Kier alpha value is -2.17. The van der Waals surface area contributed by atoms with E-state index in [-0.39, 0.29) is 0 Å². The lowest BCUT2D eigenvalue weighted by molar-refractivity contribution is 0.336. The van der Waals surface area contributed by atoms with Gasteiger partial charge >= 0.3 is 0 Å². The van der Waals surface area contributed by atoms with Crippen LogP contribution >= 0.6 is 11.6 Å². The molecule has 1 saturated heterocycles. The molecule has 4 rings (SSSR count). The highest BCUT2D eigenvalue weighted by molar-refractivity contribution is 6.30. The minimum Gasteiger partial charge on any atom is -0.316 e. The third-order valence-electron chi connectivity index (χ3n) is 5.26. The summed E-state index contributed by atoms with van der Waals surface area (Å²) in [6.07, 6.45) is 6.90. The Kier molecular flexibility index (Phi) is 5.85. The predicted octanol–water partition coefficient (Wildman–Crippen LogP) is 5.05. The van der Waals surface area contributed by atoms with Crippen LogP contribution in [-0.4, -0.2) is 28.1 Å². The summed E-state index contributed by atoms with van der Waals surface area (Å²) in [6, 6.07) is 16.4. The van der Waals surface area contributed by atoms with Crippen LogP contribution in [0.1, 0.15) is 25.7 Å². The number of benzene rings is 2. The Morgan fingerprint density at radius 2 is 1.70 bits per heavy atom. The topological polar surface area (TPSA) is 42.7 Å². The van der Waals surface area contributed by atoms with E-state index in [1.165, 1.54) is 31.4 Å². The SMILES string of the molecule is Clc1ccc(-c2ccc(-c3cnn(CCCC4CCCNC4)n3)cc2)cc1. The van der Waals surface area contributed by atoms with Crippen molar-refractivity contribution in [3.8, 4) is 22.4 Å². The van der Waals surface area contributed by atoms with Gasteiger partial charge in [0.1, 0.15) is 5.69 Å². The van der Waals surface area contributed by atoms with Gasteiger partial charge in [-0.1, -0.05) is 48.0 Å². The molecule has 0 aliphatic carbocycles. The van der Waals surface area contributed by atoms with Crippen molar-refractivity contribution < 1.29 is 0 Å². The zero-order valence-corrected chi connectivity index (χ0v) is 16.2. The van der Waals surface area contributed by atoms with Crippen molar-refractivity contribution in [2.24, 2.45) is 5.92 Å². The van der Waals surface area contributed by atoms with E-state index >= 15 is 0 Å². The minimum absolute atomic E-state index is 0.756. The molecule has 27 heavy (non-hydrogen) atoms. The summed E-state index contributed by atoms with van der Waals surface area (Å²) in [4.78, 5) is 1.83. The molecule has 2 aromatic carbocycles. The maximum Gasteiger partial charge on any atom is 0.113 e. The monoisotopic (exact) mass is 380 g/mol. The highest BCUT2D eigenvalue weighted by Gasteiger charge is 2.12. The van der Waals surface area contributed by atoms with Crippen molar-refractivity contribution >= 4 is 11.6 Å². The molecule has 5 heteroatoms. The van der Waals surface area contributed by atoms with Gasteiger partial charge in [-0.05, 0) is 68.0 Å². The van der Waals surface area contributed by atoms with Gasteiger partial charge in [0.05, 0.1) is 12.7 Å². The third-order valence-corrected chi connectivity index (χ3v) is 5.52. The van der Waals surface area contributed by atoms with Crippen LogP contribution in [0.4, 0.5) is 0 Å². The summed E-state index contributed by atoms with van der Waals surface area (Å²) < 4.78 is 0. The number of rotatable bonds is 6. The second-order valence-corrected chi connectivity index (χ2v) is 7.70. The van der Waals surface area contributed by atoms with E-state index in [1.807, 2.05) is 35.3 Å². The van der Waals surface area contributed by atoms with Crippen molar-refractivity contribution in [3.63, 3.8) is 0 Å². The third kappa shape index (κ3) is 4.76. The van der Waals surface area contributed by atoms with Gasteiger partial charge in [-0.2, -0.15) is 15.0 Å².